The number of pyridine rings is 1. The molecule has 0 aliphatic carbocycles. The summed E-state index contributed by atoms with van der Waals surface area (Å²) in [6, 6.07) is 4.27. The SMILES string of the molecule is O=[N+]([O-])c1cc(-c2cnn(-c3cccnc3C(F)(F)F)n2)cc(O)c1O. The van der Waals surface area contributed by atoms with E-state index < -0.39 is 39.7 Å². The zero-order valence-corrected chi connectivity index (χ0v) is 12.5. The molecule has 0 saturated heterocycles. The van der Waals surface area contributed by atoms with Crippen LogP contribution < -0.4 is 0 Å². The summed E-state index contributed by atoms with van der Waals surface area (Å²) in [7, 11) is 0. The van der Waals surface area contributed by atoms with E-state index >= 15 is 0 Å². The smallest absolute Gasteiger partial charge is 0.435 e. The van der Waals surface area contributed by atoms with Crippen LogP contribution in [-0.4, -0.2) is 35.1 Å². The van der Waals surface area contributed by atoms with Crippen LogP contribution in [0.4, 0.5) is 18.9 Å². The Morgan fingerprint density at radius 1 is 1.23 bits per heavy atom. The summed E-state index contributed by atoms with van der Waals surface area (Å²) < 4.78 is 39.1. The van der Waals surface area contributed by atoms with Crippen LogP contribution in [0, 0.1) is 10.1 Å². The number of benzene rings is 1. The zero-order valence-electron chi connectivity index (χ0n) is 12.5. The van der Waals surface area contributed by atoms with E-state index in [0.717, 1.165) is 30.6 Å². The number of hydrogen-bond acceptors (Lipinski definition) is 7. The number of halogens is 3. The Labute approximate surface area is 142 Å². The zero-order chi connectivity index (χ0) is 19.1. The van der Waals surface area contributed by atoms with Crippen LogP contribution in [0.15, 0.2) is 36.7 Å². The fraction of sp³-hybridized carbons (Fsp3) is 0.0714. The van der Waals surface area contributed by atoms with Crippen molar-refractivity contribution in [1.29, 1.82) is 0 Å². The first-order chi connectivity index (χ1) is 12.2. The molecule has 0 saturated carbocycles. The molecule has 12 heteroatoms. The standard InChI is InChI=1S/C14H8F3N5O4/c15-14(16,17)13-9(2-1-3-18-13)21-19-6-8(20-21)7-4-10(22(25)26)12(24)11(23)5-7/h1-6,23-24H. The summed E-state index contributed by atoms with van der Waals surface area (Å²) >= 11 is 0. The maximum absolute atomic E-state index is 13.0. The van der Waals surface area contributed by atoms with Crippen molar-refractivity contribution < 1.29 is 28.3 Å². The normalized spacial score (nSPS) is 11.5. The lowest BCUT2D eigenvalue weighted by molar-refractivity contribution is -0.385. The molecule has 3 rings (SSSR count). The largest absolute Gasteiger partial charge is 0.504 e. The average Bonchev–Trinajstić information content (AvgIpc) is 3.06. The van der Waals surface area contributed by atoms with Crippen molar-refractivity contribution in [3.63, 3.8) is 0 Å². The van der Waals surface area contributed by atoms with E-state index in [2.05, 4.69) is 15.2 Å². The minimum atomic E-state index is -4.74. The van der Waals surface area contributed by atoms with Gasteiger partial charge >= 0.3 is 11.9 Å². The van der Waals surface area contributed by atoms with Crippen molar-refractivity contribution >= 4 is 5.69 Å². The third-order valence-electron chi connectivity index (χ3n) is 3.32. The number of nitro groups is 1. The summed E-state index contributed by atoms with van der Waals surface area (Å²) in [4.78, 5) is 13.9. The minimum Gasteiger partial charge on any atom is -0.504 e. The Morgan fingerprint density at radius 2 is 1.96 bits per heavy atom. The van der Waals surface area contributed by atoms with Crippen molar-refractivity contribution in [2.75, 3.05) is 0 Å². The molecule has 2 heterocycles. The molecule has 0 atom stereocenters. The third kappa shape index (κ3) is 2.99. The molecule has 0 aliphatic rings. The molecule has 0 radical (unpaired) electrons. The van der Waals surface area contributed by atoms with E-state index in [1.165, 1.54) is 6.07 Å². The van der Waals surface area contributed by atoms with Gasteiger partial charge in [-0.25, -0.2) is 4.98 Å². The molecular weight excluding hydrogens is 359 g/mol. The molecule has 3 aromatic rings. The monoisotopic (exact) mass is 367 g/mol. The first-order valence-electron chi connectivity index (χ1n) is 6.84. The number of nitro benzene ring substituents is 1. The fourth-order valence-corrected chi connectivity index (χ4v) is 2.18. The predicted octanol–water partition coefficient (Wildman–Crippen LogP) is 2.67. The molecule has 26 heavy (non-hydrogen) atoms. The van der Waals surface area contributed by atoms with Crippen LogP contribution in [0.3, 0.4) is 0 Å². The molecule has 0 fully saturated rings. The van der Waals surface area contributed by atoms with Crippen molar-refractivity contribution in [3.8, 4) is 28.4 Å². The second kappa shape index (κ2) is 5.98. The molecule has 0 bridgehead atoms. The number of hydrogen-bond donors (Lipinski definition) is 2. The second-order valence-electron chi connectivity index (χ2n) is 5.01. The highest BCUT2D eigenvalue weighted by Gasteiger charge is 2.36. The first-order valence-corrected chi connectivity index (χ1v) is 6.84. The minimum absolute atomic E-state index is 0.0179. The number of aromatic nitrogens is 4. The Bertz CT molecular complexity index is 1000. The van der Waals surface area contributed by atoms with E-state index in [9.17, 15) is 33.5 Å². The van der Waals surface area contributed by atoms with Crippen LogP contribution in [-0.2, 0) is 6.18 Å². The van der Waals surface area contributed by atoms with Crippen molar-refractivity contribution in [2.45, 2.75) is 6.18 Å². The highest BCUT2D eigenvalue weighted by molar-refractivity contribution is 5.69. The van der Waals surface area contributed by atoms with Gasteiger partial charge in [0.05, 0.1) is 11.1 Å². The van der Waals surface area contributed by atoms with Gasteiger partial charge in [-0.05, 0) is 18.2 Å². The van der Waals surface area contributed by atoms with Crippen LogP contribution in [0.2, 0.25) is 0 Å². The molecule has 0 aliphatic heterocycles. The summed E-state index contributed by atoms with van der Waals surface area (Å²) in [5.74, 6) is -1.71. The lowest BCUT2D eigenvalue weighted by Crippen LogP contribution is -2.14. The van der Waals surface area contributed by atoms with E-state index in [1.54, 1.807) is 0 Å². The van der Waals surface area contributed by atoms with Crippen LogP contribution >= 0.6 is 0 Å². The van der Waals surface area contributed by atoms with Crippen molar-refractivity contribution in [1.82, 2.24) is 20.0 Å². The van der Waals surface area contributed by atoms with Gasteiger partial charge in [0, 0.05) is 17.8 Å². The second-order valence-corrected chi connectivity index (χ2v) is 5.01. The number of phenolic OH excluding ortho intramolecular Hbond substituents is 2. The predicted molar refractivity (Wildman–Crippen MR) is 79.6 cm³/mol. The molecule has 2 N–H and O–H groups in total. The number of phenols is 2. The van der Waals surface area contributed by atoms with Gasteiger partial charge in [0.2, 0.25) is 5.75 Å². The summed E-state index contributed by atoms with van der Waals surface area (Å²) in [6.45, 7) is 0. The molecule has 0 amide bonds. The summed E-state index contributed by atoms with van der Waals surface area (Å²) in [5.41, 5.74) is -2.51. The Balaban J connectivity index is 2.09. The third-order valence-corrected chi connectivity index (χ3v) is 3.32. The Hall–Kier alpha value is -3.70. The number of nitrogens with zero attached hydrogens (tertiary/aromatic N) is 5. The van der Waals surface area contributed by atoms with Gasteiger partial charge in [-0.15, -0.1) is 9.90 Å². The van der Waals surface area contributed by atoms with Crippen molar-refractivity contribution in [2.24, 2.45) is 0 Å². The van der Waals surface area contributed by atoms with E-state index in [1.807, 2.05) is 0 Å². The Morgan fingerprint density at radius 3 is 2.62 bits per heavy atom. The number of rotatable bonds is 3. The first kappa shape index (κ1) is 17.1. The number of aromatic hydroxyl groups is 2. The maximum atomic E-state index is 13.0. The molecule has 2 aromatic heterocycles. The molecule has 0 spiro atoms. The average molecular weight is 367 g/mol. The van der Waals surface area contributed by atoms with Gasteiger partial charge in [-0.3, -0.25) is 10.1 Å². The topological polar surface area (TPSA) is 127 Å². The molecule has 0 unspecified atom stereocenters. The molecule has 1 aromatic carbocycles. The highest BCUT2D eigenvalue weighted by atomic mass is 19.4. The van der Waals surface area contributed by atoms with E-state index in [4.69, 9.17) is 0 Å². The van der Waals surface area contributed by atoms with Gasteiger partial charge in [-0.2, -0.15) is 18.3 Å². The summed E-state index contributed by atoms with van der Waals surface area (Å²) in [5, 5.41) is 37.5. The van der Waals surface area contributed by atoms with Gasteiger partial charge in [0.25, 0.3) is 0 Å². The summed E-state index contributed by atoms with van der Waals surface area (Å²) in [6.07, 6.45) is -2.71. The highest BCUT2D eigenvalue weighted by Crippen LogP contribution is 2.39. The van der Waals surface area contributed by atoms with Crippen molar-refractivity contribution in [3.05, 3.63) is 52.5 Å². The van der Waals surface area contributed by atoms with Gasteiger partial charge in [-0.1, -0.05) is 0 Å². The van der Waals surface area contributed by atoms with Gasteiger partial charge in [0.15, 0.2) is 11.4 Å². The molecular formula is C14H8F3N5O4. The quantitative estimate of drug-likeness (QED) is 0.414. The molecule has 9 nitrogen and oxygen atoms in total. The van der Waals surface area contributed by atoms with Gasteiger partial charge in [0.1, 0.15) is 11.4 Å². The van der Waals surface area contributed by atoms with Crippen LogP contribution in [0.25, 0.3) is 16.9 Å². The van der Waals surface area contributed by atoms with E-state index in [-0.39, 0.29) is 11.3 Å². The van der Waals surface area contributed by atoms with Gasteiger partial charge < -0.3 is 10.2 Å². The number of alkyl halides is 3. The lowest BCUT2D eigenvalue weighted by Gasteiger charge is -2.09. The lowest BCUT2D eigenvalue weighted by atomic mass is 10.1. The van der Waals surface area contributed by atoms with Crippen LogP contribution in [0.1, 0.15) is 5.69 Å². The van der Waals surface area contributed by atoms with E-state index in [0.29, 0.717) is 4.80 Å². The Kier molecular flexibility index (Phi) is 3.94. The molecule has 134 valence electrons. The van der Waals surface area contributed by atoms with Crippen LogP contribution in [0.5, 0.6) is 11.5 Å². The fourth-order valence-electron chi connectivity index (χ4n) is 2.18. The maximum Gasteiger partial charge on any atom is 0.435 e.